The maximum absolute atomic E-state index is 12.4. The van der Waals surface area contributed by atoms with Crippen LogP contribution in [0.1, 0.15) is 64.9 Å². The van der Waals surface area contributed by atoms with E-state index < -0.39 is 0 Å². The van der Waals surface area contributed by atoms with Crippen molar-refractivity contribution in [3.05, 3.63) is 29.8 Å². The molecule has 1 saturated carbocycles. The molecule has 1 amide bonds. The second-order valence-electron chi connectivity index (χ2n) is 8.83. The lowest BCUT2D eigenvalue weighted by Gasteiger charge is -2.22. The van der Waals surface area contributed by atoms with Gasteiger partial charge in [0.15, 0.2) is 0 Å². The molecule has 25 heavy (non-hydrogen) atoms. The minimum absolute atomic E-state index is 0.165. The Balaban J connectivity index is 1.37. The smallest absolute Gasteiger partial charge is 0.222 e. The van der Waals surface area contributed by atoms with Crippen LogP contribution in [0.3, 0.4) is 0 Å². The van der Waals surface area contributed by atoms with E-state index in [1.165, 1.54) is 31.2 Å². The molecule has 3 rings (SSSR count). The molecule has 0 bridgehead atoms. The highest BCUT2D eigenvalue weighted by atomic mass is 16.5. The molecule has 2 aliphatic rings. The Hall–Kier alpha value is -1.51. The average molecular weight is 344 g/mol. The van der Waals surface area contributed by atoms with Gasteiger partial charge in [0, 0.05) is 19.5 Å². The summed E-state index contributed by atoms with van der Waals surface area (Å²) in [6, 6.07) is 8.33. The van der Waals surface area contributed by atoms with E-state index in [9.17, 15) is 4.79 Å². The third kappa shape index (κ3) is 4.77. The number of likely N-dealkylation sites (tertiary alicyclic amines) is 1. The molecule has 0 aromatic heterocycles. The molecule has 138 valence electrons. The van der Waals surface area contributed by atoms with Crippen molar-refractivity contribution in [1.82, 2.24) is 4.90 Å². The Morgan fingerprint density at radius 1 is 1.08 bits per heavy atom. The summed E-state index contributed by atoms with van der Waals surface area (Å²) < 4.78 is 5.81. The third-order valence-corrected chi connectivity index (χ3v) is 5.85. The first-order valence-corrected chi connectivity index (χ1v) is 9.94. The zero-order valence-corrected chi connectivity index (χ0v) is 16.1. The van der Waals surface area contributed by atoms with Gasteiger partial charge >= 0.3 is 0 Å². The zero-order valence-electron chi connectivity index (χ0n) is 16.1. The van der Waals surface area contributed by atoms with E-state index in [0.29, 0.717) is 18.9 Å². The van der Waals surface area contributed by atoms with Crippen LogP contribution in [0.25, 0.3) is 0 Å². The van der Waals surface area contributed by atoms with Crippen molar-refractivity contribution < 1.29 is 9.53 Å². The van der Waals surface area contributed by atoms with Crippen LogP contribution < -0.4 is 4.74 Å². The van der Waals surface area contributed by atoms with Crippen LogP contribution >= 0.6 is 0 Å². The molecule has 1 aromatic carbocycles. The van der Waals surface area contributed by atoms with Crippen LogP contribution in [0.4, 0.5) is 0 Å². The summed E-state index contributed by atoms with van der Waals surface area (Å²) in [5.41, 5.74) is 1.48. The van der Waals surface area contributed by atoms with Crippen LogP contribution in [0, 0.1) is 11.8 Å². The lowest BCUT2D eigenvalue weighted by Crippen LogP contribution is -2.29. The molecule has 1 aliphatic heterocycles. The van der Waals surface area contributed by atoms with Crippen LogP contribution in [0.15, 0.2) is 24.3 Å². The lowest BCUT2D eigenvalue weighted by molar-refractivity contribution is -0.130. The van der Waals surface area contributed by atoms with Gasteiger partial charge in [-0.15, -0.1) is 0 Å². The molecular weight excluding hydrogens is 310 g/mol. The maximum Gasteiger partial charge on any atom is 0.222 e. The van der Waals surface area contributed by atoms with Crippen molar-refractivity contribution in [2.75, 3.05) is 19.7 Å². The summed E-state index contributed by atoms with van der Waals surface area (Å²) in [4.78, 5) is 14.5. The predicted octanol–water partition coefficient (Wildman–Crippen LogP) is 4.79. The zero-order chi connectivity index (χ0) is 17.9. The van der Waals surface area contributed by atoms with Gasteiger partial charge in [-0.1, -0.05) is 45.7 Å². The molecule has 3 heteroatoms. The summed E-state index contributed by atoms with van der Waals surface area (Å²) in [6.45, 7) is 9.24. The fourth-order valence-electron chi connectivity index (χ4n) is 4.23. The minimum Gasteiger partial charge on any atom is -0.494 e. The standard InChI is InChI=1S/C22H33NO2/c1-22(2,3)19-10-12-20(13-11-19)25-14-6-9-21(24)23-15-17-7-4-5-8-18(17)16-23/h10-13,17-18H,4-9,14-16H2,1-3H3. The van der Waals surface area contributed by atoms with Gasteiger partial charge in [0.05, 0.1) is 6.61 Å². The summed E-state index contributed by atoms with van der Waals surface area (Å²) in [5, 5.41) is 0. The van der Waals surface area contributed by atoms with Gasteiger partial charge in [0.2, 0.25) is 5.91 Å². The van der Waals surface area contributed by atoms with Gasteiger partial charge in [0.25, 0.3) is 0 Å². The van der Waals surface area contributed by atoms with Crippen molar-refractivity contribution >= 4 is 5.91 Å². The number of amides is 1. The fraction of sp³-hybridized carbons (Fsp3) is 0.682. The summed E-state index contributed by atoms with van der Waals surface area (Å²) in [6.07, 6.45) is 6.76. The van der Waals surface area contributed by atoms with Crippen LogP contribution in [-0.4, -0.2) is 30.5 Å². The van der Waals surface area contributed by atoms with Gasteiger partial charge in [0.1, 0.15) is 5.75 Å². The van der Waals surface area contributed by atoms with E-state index in [1.807, 2.05) is 12.1 Å². The molecule has 2 atom stereocenters. The number of carbonyl (C=O) groups excluding carboxylic acids is 1. The number of carbonyl (C=O) groups is 1. The second kappa shape index (κ2) is 7.80. The number of rotatable bonds is 5. The molecule has 1 aliphatic carbocycles. The molecule has 0 N–H and O–H groups in total. The van der Waals surface area contributed by atoms with Gasteiger partial charge < -0.3 is 9.64 Å². The molecule has 2 fully saturated rings. The van der Waals surface area contributed by atoms with E-state index >= 15 is 0 Å². The molecule has 0 radical (unpaired) electrons. The fourth-order valence-corrected chi connectivity index (χ4v) is 4.23. The van der Waals surface area contributed by atoms with Crippen LogP contribution in [-0.2, 0) is 10.2 Å². The van der Waals surface area contributed by atoms with Crippen molar-refractivity contribution in [2.24, 2.45) is 11.8 Å². The van der Waals surface area contributed by atoms with E-state index in [4.69, 9.17) is 4.74 Å². The highest BCUT2D eigenvalue weighted by Gasteiger charge is 2.35. The molecule has 1 heterocycles. The number of hydrogen-bond donors (Lipinski definition) is 0. The maximum atomic E-state index is 12.4. The summed E-state index contributed by atoms with van der Waals surface area (Å²) in [7, 11) is 0. The van der Waals surface area contributed by atoms with Gasteiger partial charge in [-0.2, -0.15) is 0 Å². The molecule has 0 spiro atoms. The normalized spacial score (nSPS) is 23.4. The van der Waals surface area contributed by atoms with Crippen molar-refractivity contribution in [1.29, 1.82) is 0 Å². The predicted molar refractivity (Wildman–Crippen MR) is 102 cm³/mol. The van der Waals surface area contributed by atoms with Crippen LogP contribution in [0.2, 0.25) is 0 Å². The highest BCUT2D eigenvalue weighted by Crippen LogP contribution is 2.36. The number of fused-ring (bicyclic) bond motifs is 1. The highest BCUT2D eigenvalue weighted by molar-refractivity contribution is 5.76. The largest absolute Gasteiger partial charge is 0.494 e. The quantitative estimate of drug-likeness (QED) is 0.719. The van der Waals surface area contributed by atoms with Crippen LogP contribution in [0.5, 0.6) is 5.75 Å². The third-order valence-electron chi connectivity index (χ3n) is 5.85. The Morgan fingerprint density at radius 3 is 2.24 bits per heavy atom. The number of benzene rings is 1. The lowest BCUT2D eigenvalue weighted by atomic mass is 9.82. The van der Waals surface area contributed by atoms with E-state index in [-0.39, 0.29) is 5.41 Å². The minimum atomic E-state index is 0.165. The number of ether oxygens (including phenoxy) is 1. The van der Waals surface area contributed by atoms with E-state index in [2.05, 4.69) is 37.8 Å². The topological polar surface area (TPSA) is 29.5 Å². The molecule has 3 nitrogen and oxygen atoms in total. The van der Waals surface area contributed by atoms with Gasteiger partial charge in [-0.05, 0) is 54.2 Å². The molecule has 1 saturated heterocycles. The Kier molecular flexibility index (Phi) is 5.71. The second-order valence-corrected chi connectivity index (χ2v) is 8.83. The SMILES string of the molecule is CC(C)(C)c1ccc(OCCCC(=O)N2CC3CCCCC3C2)cc1. The summed E-state index contributed by atoms with van der Waals surface area (Å²) in [5.74, 6) is 2.76. The number of nitrogens with zero attached hydrogens (tertiary/aromatic N) is 1. The average Bonchev–Trinajstić information content (AvgIpc) is 3.02. The molecule has 1 aromatic rings. The monoisotopic (exact) mass is 343 g/mol. The van der Waals surface area contributed by atoms with Gasteiger partial charge in [-0.25, -0.2) is 0 Å². The molecule has 2 unspecified atom stereocenters. The first kappa shape index (κ1) is 18.3. The van der Waals surface area contributed by atoms with Crippen molar-refractivity contribution in [2.45, 2.75) is 64.7 Å². The summed E-state index contributed by atoms with van der Waals surface area (Å²) >= 11 is 0. The Morgan fingerprint density at radius 2 is 1.68 bits per heavy atom. The first-order valence-electron chi connectivity index (χ1n) is 9.94. The molecular formula is C22H33NO2. The van der Waals surface area contributed by atoms with Crippen molar-refractivity contribution in [3.63, 3.8) is 0 Å². The Labute approximate surface area is 152 Å². The first-order chi connectivity index (χ1) is 11.9. The number of hydrogen-bond acceptors (Lipinski definition) is 2. The van der Waals surface area contributed by atoms with Gasteiger partial charge in [-0.3, -0.25) is 4.79 Å². The van der Waals surface area contributed by atoms with E-state index in [0.717, 1.165) is 37.1 Å². The van der Waals surface area contributed by atoms with E-state index in [1.54, 1.807) is 0 Å². The Bertz CT molecular complexity index is 559. The van der Waals surface area contributed by atoms with Crippen molar-refractivity contribution in [3.8, 4) is 5.75 Å².